The molecule has 4 heteroatoms. The third-order valence-electron chi connectivity index (χ3n) is 1.04. The summed E-state index contributed by atoms with van der Waals surface area (Å²) in [6.07, 6.45) is 0. The fourth-order valence-electron chi connectivity index (χ4n) is 0.565. The molecule has 0 bridgehead atoms. The molecule has 1 heterocycles. The van der Waals surface area contributed by atoms with Crippen molar-refractivity contribution >= 4 is 11.8 Å². The third kappa shape index (κ3) is 0.765. The fraction of sp³-hybridized carbons (Fsp3) is 0.400. The van der Waals surface area contributed by atoms with Crippen LogP contribution in [-0.4, -0.2) is 18.4 Å². The Morgan fingerprint density at radius 3 is 2.56 bits per heavy atom. The average molecular weight is 125 g/mol. The second-order valence-corrected chi connectivity index (χ2v) is 1.64. The zero-order valence-electron chi connectivity index (χ0n) is 4.46. The van der Waals surface area contributed by atoms with Crippen LogP contribution in [0, 0.1) is 17.2 Å². The number of esters is 1. The molecular weight excluding hydrogens is 122 g/mol. The lowest BCUT2D eigenvalue weighted by molar-refractivity contribution is -0.139. The zero-order valence-corrected chi connectivity index (χ0v) is 4.46. The van der Waals surface area contributed by atoms with Gasteiger partial charge in [0.25, 0.3) is 0 Å². The van der Waals surface area contributed by atoms with Gasteiger partial charge in [0.1, 0.15) is 0 Å². The maximum absolute atomic E-state index is 10.4. The van der Waals surface area contributed by atoms with E-state index in [1.807, 2.05) is 0 Å². The molecule has 46 valence electrons. The summed E-state index contributed by atoms with van der Waals surface area (Å²) in [7, 11) is 0. The molecule has 9 heavy (non-hydrogen) atoms. The Morgan fingerprint density at radius 2 is 2.33 bits per heavy atom. The van der Waals surface area contributed by atoms with E-state index in [2.05, 4.69) is 4.74 Å². The molecule has 4 nitrogen and oxygen atoms in total. The summed E-state index contributed by atoms with van der Waals surface area (Å²) < 4.78 is 4.26. The van der Waals surface area contributed by atoms with Gasteiger partial charge in [0.05, 0.1) is 6.07 Å². The number of hydrogen-bond donors (Lipinski definition) is 0. The molecule has 0 aromatic heterocycles. The highest BCUT2D eigenvalue weighted by molar-refractivity contribution is 6.06. The number of cyclic esters (lactones) is 1. The Hall–Kier alpha value is -1.37. The number of nitriles is 1. The van der Waals surface area contributed by atoms with Crippen molar-refractivity contribution in [1.29, 1.82) is 5.26 Å². The monoisotopic (exact) mass is 125 g/mol. The van der Waals surface area contributed by atoms with E-state index in [1.54, 1.807) is 0 Å². The highest BCUT2D eigenvalue weighted by Crippen LogP contribution is 2.07. The van der Waals surface area contributed by atoms with Crippen molar-refractivity contribution < 1.29 is 14.3 Å². The van der Waals surface area contributed by atoms with Gasteiger partial charge in [-0.2, -0.15) is 5.26 Å². The Labute approximate surface area is 51.0 Å². The van der Waals surface area contributed by atoms with Gasteiger partial charge in [0, 0.05) is 0 Å². The minimum Gasteiger partial charge on any atom is -0.456 e. The predicted octanol–water partition coefficient (Wildman–Crippen LogP) is -0.748. The first kappa shape index (κ1) is 5.76. The largest absolute Gasteiger partial charge is 0.456 e. The SMILES string of the molecule is N#CC1C(=O)COC1=O. The minimum absolute atomic E-state index is 0.239. The molecule has 1 atom stereocenters. The first-order valence-electron chi connectivity index (χ1n) is 2.34. The van der Waals surface area contributed by atoms with Crippen LogP contribution in [-0.2, 0) is 14.3 Å². The number of ether oxygens (including phenoxy) is 1. The van der Waals surface area contributed by atoms with Crippen LogP contribution >= 0.6 is 0 Å². The van der Waals surface area contributed by atoms with Crippen molar-refractivity contribution in [2.75, 3.05) is 6.61 Å². The van der Waals surface area contributed by atoms with Gasteiger partial charge in [-0.25, -0.2) is 0 Å². The van der Waals surface area contributed by atoms with Gasteiger partial charge in [-0.15, -0.1) is 0 Å². The maximum Gasteiger partial charge on any atom is 0.331 e. The molecule has 0 aromatic rings. The topological polar surface area (TPSA) is 67.2 Å². The van der Waals surface area contributed by atoms with Crippen molar-refractivity contribution in [2.24, 2.45) is 5.92 Å². The van der Waals surface area contributed by atoms with E-state index in [1.165, 1.54) is 6.07 Å². The molecule has 1 aliphatic rings. The van der Waals surface area contributed by atoms with Crippen LogP contribution < -0.4 is 0 Å². The molecule has 1 saturated heterocycles. The standard InChI is InChI=1S/C5H3NO3/c6-1-3-4(7)2-9-5(3)8/h3H,2H2. The van der Waals surface area contributed by atoms with Gasteiger partial charge in [-0.3, -0.25) is 9.59 Å². The van der Waals surface area contributed by atoms with E-state index in [0.29, 0.717) is 0 Å². The predicted molar refractivity (Wildman–Crippen MR) is 25.1 cm³/mol. The van der Waals surface area contributed by atoms with E-state index in [4.69, 9.17) is 5.26 Å². The van der Waals surface area contributed by atoms with E-state index in [0.717, 1.165) is 0 Å². The number of rotatable bonds is 0. The maximum atomic E-state index is 10.4. The third-order valence-corrected chi connectivity index (χ3v) is 1.04. The average Bonchev–Trinajstić information content (AvgIpc) is 2.12. The minimum atomic E-state index is -1.16. The number of hydrogen-bond acceptors (Lipinski definition) is 4. The first-order valence-corrected chi connectivity index (χ1v) is 2.34. The highest BCUT2D eigenvalue weighted by Gasteiger charge is 2.34. The number of carbonyl (C=O) groups excluding carboxylic acids is 2. The lowest BCUT2D eigenvalue weighted by Gasteiger charge is -1.84. The molecule has 0 aliphatic carbocycles. The molecule has 0 saturated carbocycles. The van der Waals surface area contributed by atoms with Crippen LogP contribution in [0.3, 0.4) is 0 Å². The van der Waals surface area contributed by atoms with Crippen LogP contribution in [0.2, 0.25) is 0 Å². The Morgan fingerprint density at radius 1 is 1.67 bits per heavy atom. The molecule has 0 amide bonds. The quantitative estimate of drug-likeness (QED) is 0.315. The van der Waals surface area contributed by atoms with Crippen molar-refractivity contribution in [3.05, 3.63) is 0 Å². The second-order valence-electron chi connectivity index (χ2n) is 1.64. The van der Waals surface area contributed by atoms with Crippen molar-refractivity contribution in [2.45, 2.75) is 0 Å². The summed E-state index contributed by atoms with van der Waals surface area (Å²) >= 11 is 0. The highest BCUT2D eigenvalue weighted by atomic mass is 16.5. The summed E-state index contributed by atoms with van der Waals surface area (Å²) in [4.78, 5) is 20.8. The summed E-state index contributed by atoms with van der Waals surface area (Å²) in [6, 6.07) is 1.54. The van der Waals surface area contributed by atoms with Gasteiger partial charge < -0.3 is 4.74 Å². The fourth-order valence-corrected chi connectivity index (χ4v) is 0.565. The molecule has 1 rings (SSSR count). The molecule has 0 N–H and O–H groups in total. The summed E-state index contributed by atoms with van der Waals surface area (Å²) in [6.45, 7) is -0.239. The van der Waals surface area contributed by atoms with Crippen molar-refractivity contribution in [3.63, 3.8) is 0 Å². The molecule has 1 unspecified atom stereocenters. The van der Waals surface area contributed by atoms with Crippen molar-refractivity contribution in [3.8, 4) is 6.07 Å². The van der Waals surface area contributed by atoms with Crippen molar-refractivity contribution in [1.82, 2.24) is 0 Å². The molecule has 0 aromatic carbocycles. The second kappa shape index (κ2) is 1.86. The van der Waals surface area contributed by atoms with Crippen LogP contribution in [0.1, 0.15) is 0 Å². The van der Waals surface area contributed by atoms with Crippen LogP contribution in [0.5, 0.6) is 0 Å². The van der Waals surface area contributed by atoms with Crippen LogP contribution in [0.15, 0.2) is 0 Å². The normalized spacial score (nSPS) is 25.4. The Balaban J connectivity index is 2.81. The van der Waals surface area contributed by atoms with E-state index in [9.17, 15) is 9.59 Å². The Kier molecular flexibility index (Phi) is 1.19. The molecule has 0 spiro atoms. The van der Waals surface area contributed by atoms with Crippen LogP contribution in [0.4, 0.5) is 0 Å². The molecule has 0 radical (unpaired) electrons. The molecule has 1 fully saturated rings. The number of ketones is 1. The zero-order chi connectivity index (χ0) is 6.85. The first-order chi connectivity index (χ1) is 4.25. The van der Waals surface area contributed by atoms with E-state index >= 15 is 0 Å². The van der Waals surface area contributed by atoms with Gasteiger partial charge in [0.2, 0.25) is 5.92 Å². The van der Waals surface area contributed by atoms with E-state index < -0.39 is 17.7 Å². The van der Waals surface area contributed by atoms with Gasteiger partial charge >= 0.3 is 5.97 Å². The van der Waals surface area contributed by atoms with Gasteiger partial charge in [-0.05, 0) is 0 Å². The van der Waals surface area contributed by atoms with E-state index in [-0.39, 0.29) is 6.61 Å². The smallest absolute Gasteiger partial charge is 0.331 e. The van der Waals surface area contributed by atoms with Crippen LogP contribution in [0.25, 0.3) is 0 Å². The molecule has 1 aliphatic heterocycles. The summed E-state index contributed by atoms with van der Waals surface area (Å²) in [5, 5.41) is 8.14. The number of Topliss-reactive ketones (excluding diaryl/α,β-unsaturated/α-hetero) is 1. The number of nitrogens with zero attached hydrogens (tertiary/aromatic N) is 1. The van der Waals surface area contributed by atoms with Gasteiger partial charge in [0.15, 0.2) is 12.4 Å². The lowest BCUT2D eigenvalue weighted by Crippen LogP contribution is -2.11. The Bertz CT molecular complexity index is 187. The molecular formula is C5H3NO3. The lowest BCUT2D eigenvalue weighted by atomic mass is 10.1. The number of carbonyl (C=O) groups is 2. The summed E-state index contributed by atoms with van der Waals surface area (Å²) in [5.41, 5.74) is 0. The van der Waals surface area contributed by atoms with Gasteiger partial charge in [-0.1, -0.05) is 0 Å². The summed E-state index contributed by atoms with van der Waals surface area (Å²) in [5.74, 6) is -2.32.